The van der Waals surface area contributed by atoms with Crippen molar-refractivity contribution in [1.82, 2.24) is 20.1 Å². The number of rotatable bonds is 9. The first-order chi connectivity index (χ1) is 18.1. The number of aryl methyl sites for hydroxylation is 1. The summed E-state index contributed by atoms with van der Waals surface area (Å²) in [7, 11) is 0. The maximum Gasteiger partial charge on any atom is 0.258 e. The molecule has 0 spiro atoms. The standard InChI is InChI=1S/C30H28N4O3/c1-3-36-26-17-11-10-14-23(26)19-31-27(35)20-37-28-18-25(22-12-6-4-7-13-22)29-21(2)33-34(30(29)32-28)24-15-8-5-9-16-24/h4-18H,3,19-20H2,1-2H3,(H,31,35). The number of pyridine rings is 1. The second kappa shape index (κ2) is 11.0. The molecule has 0 aliphatic rings. The molecule has 5 aromatic rings. The molecule has 0 saturated heterocycles. The molecule has 0 atom stereocenters. The largest absolute Gasteiger partial charge is 0.494 e. The highest BCUT2D eigenvalue weighted by molar-refractivity contribution is 5.96. The van der Waals surface area contributed by atoms with Crippen LogP contribution in [-0.4, -0.2) is 33.9 Å². The van der Waals surface area contributed by atoms with Crippen molar-refractivity contribution in [3.05, 3.63) is 102 Å². The minimum absolute atomic E-state index is 0.165. The third kappa shape index (κ3) is 5.30. The zero-order valence-electron chi connectivity index (χ0n) is 20.8. The van der Waals surface area contributed by atoms with Crippen LogP contribution < -0.4 is 14.8 Å². The van der Waals surface area contributed by atoms with Gasteiger partial charge in [0.1, 0.15) is 5.75 Å². The van der Waals surface area contributed by atoms with Crippen molar-refractivity contribution in [3.63, 3.8) is 0 Å². The summed E-state index contributed by atoms with van der Waals surface area (Å²) in [5.41, 5.74) is 5.31. The summed E-state index contributed by atoms with van der Waals surface area (Å²) >= 11 is 0. The van der Waals surface area contributed by atoms with Gasteiger partial charge < -0.3 is 14.8 Å². The Kier molecular flexibility index (Phi) is 7.12. The Morgan fingerprint density at radius 2 is 1.62 bits per heavy atom. The van der Waals surface area contributed by atoms with Crippen LogP contribution in [0.4, 0.5) is 0 Å². The molecule has 7 heteroatoms. The number of hydrogen-bond acceptors (Lipinski definition) is 5. The van der Waals surface area contributed by atoms with E-state index in [1.165, 1.54) is 0 Å². The smallest absolute Gasteiger partial charge is 0.258 e. The van der Waals surface area contributed by atoms with Gasteiger partial charge in [-0.25, -0.2) is 4.68 Å². The topological polar surface area (TPSA) is 78.3 Å². The van der Waals surface area contributed by atoms with Crippen molar-refractivity contribution >= 4 is 16.9 Å². The lowest BCUT2D eigenvalue weighted by molar-refractivity contribution is -0.123. The zero-order valence-corrected chi connectivity index (χ0v) is 20.8. The molecule has 3 aromatic carbocycles. The fourth-order valence-electron chi connectivity index (χ4n) is 4.27. The average molecular weight is 493 g/mol. The Balaban J connectivity index is 1.42. The first-order valence-electron chi connectivity index (χ1n) is 12.3. The van der Waals surface area contributed by atoms with E-state index in [-0.39, 0.29) is 12.5 Å². The van der Waals surface area contributed by atoms with Crippen LogP contribution in [0.2, 0.25) is 0 Å². The Morgan fingerprint density at radius 3 is 2.38 bits per heavy atom. The minimum Gasteiger partial charge on any atom is -0.494 e. The number of carbonyl (C=O) groups is 1. The van der Waals surface area contributed by atoms with Crippen molar-refractivity contribution in [3.8, 4) is 28.4 Å². The van der Waals surface area contributed by atoms with Crippen LogP contribution in [0.5, 0.6) is 11.6 Å². The van der Waals surface area contributed by atoms with Gasteiger partial charge in [0, 0.05) is 18.2 Å². The molecule has 0 saturated carbocycles. The number of aromatic nitrogens is 3. The molecule has 0 aliphatic heterocycles. The number of ether oxygens (including phenoxy) is 2. The fourth-order valence-corrected chi connectivity index (χ4v) is 4.27. The van der Waals surface area contributed by atoms with Gasteiger partial charge in [0.2, 0.25) is 5.88 Å². The maximum absolute atomic E-state index is 12.6. The number of para-hydroxylation sites is 2. The molecule has 0 unspecified atom stereocenters. The number of nitrogens with one attached hydrogen (secondary N) is 1. The lowest BCUT2D eigenvalue weighted by Crippen LogP contribution is -2.28. The first-order valence-corrected chi connectivity index (χ1v) is 12.3. The van der Waals surface area contributed by atoms with E-state index in [2.05, 4.69) is 5.32 Å². The predicted octanol–water partition coefficient (Wildman–Crippen LogP) is 5.49. The fraction of sp³-hybridized carbons (Fsp3) is 0.167. The Bertz CT molecular complexity index is 1510. The van der Waals surface area contributed by atoms with Crippen molar-refractivity contribution in [2.45, 2.75) is 20.4 Å². The van der Waals surface area contributed by atoms with Crippen LogP contribution in [0.25, 0.3) is 27.8 Å². The maximum atomic E-state index is 12.6. The number of benzene rings is 3. The normalized spacial score (nSPS) is 10.9. The van der Waals surface area contributed by atoms with Crippen molar-refractivity contribution in [1.29, 1.82) is 0 Å². The molecular formula is C30H28N4O3. The molecule has 2 aromatic heterocycles. The lowest BCUT2D eigenvalue weighted by Gasteiger charge is -2.12. The van der Waals surface area contributed by atoms with Crippen molar-refractivity contribution in [2.24, 2.45) is 0 Å². The van der Waals surface area contributed by atoms with Gasteiger partial charge in [-0.15, -0.1) is 0 Å². The SMILES string of the molecule is CCOc1ccccc1CNC(=O)COc1cc(-c2ccccc2)c2c(C)nn(-c3ccccc3)c2n1. The molecule has 2 heterocycles. The molecule has 37 heavy (non-hydrogen) atoms. The number of carbonyl (C=O) groups excluding carboxylic acids is 1. The highest BCUT2D eigenvalue weighted by atomic mass is 16.5. The summed E-state index contributed by atoms with van der Waals surface area (Å²) in [6.45, 7) is 4.65. The minimum atomic E-state index is -0.248. The highest BCUT2D eigenvalue weighted by Gasteiger charge is 2.18. The predicted molar refractivity (Wildman–Crippen MR) is 144 cm³/mol. The zero-order chi connectivity index (χ0) is 25.6. The van der Waals surface area contributed by atoms with E-state index in [1.807, 2.05) is 110 Å². The van der Waals surface area contributed by atoms with Gasteiger partial charge in [0.25, 0.3) is 5.91 Å². The van der Waals surface area contributed by atoms with E-state index < -0.39 is 0 Å². The Morgan fingerprint density at radius 1 is 0.919 bits per heavy atom. The quantitative estimate of drug-likeness (QED) is 0.294. The van der Waals surface area contributed by atoms with Gasteiger partial charge in [-0.1, -0.05) is 66.7 Å². The molecule has 0 fully saturated rings. The number of hydrogen-bond donors (Lipinski definition) is 1. The second-order valence-corrected chi connectivity index (χ2v) is 8.51. The van der Waals surface area contributed by atoms with Crippen LogP contribution >= 0.6 is 0 Å². The molecule has 0 aliphatic carbocycles. The van der Waals surface area contributed by atoms with E-state index >= 15 is 0 Å². The highest BCUT2D eigenvalue weighted by Crippen LogP contribution is 2.34. The van der Waals surface area contributed by atoms with E-state index in [1.54, 1.807) is 0 Å². The van der Waals surface area contributed by atoms with E-state index in [9.17, 15) is 4.79 Å². The second-order valence-electron chi connectivity index (χ2n) is 8.51. The number of amides is 1. The molecule has 186 valence electrons. The van der Waals surface area contributed by atoms with Gasteiger partial charge in [-0.05, 0) is 43.2 Å². The molecule has 0 bridgehead atoms. The lowest BCUT2D eigenvalue weighted by atomic mass is 10.0. The number of fused-ring (bicyclic) bond motifs is 1. The van der Waals surface area contributed by atoms with E-state index in [0.717, 1.165) is 39.2 Å². The molecule has 1 amide bonds. The molecule has 7 nitrogen and oxygen atoms in total. The van der Waals surface area contributed by atoms with Crippen LogP contribution in [0.3, 0.4) is 0 Å². The van der Waals surface area contributed by atoms with Crippen LogP contribution in [0, 0.1) is 6.92 Å². The summed E-state index contributed by atoms with van der Waals surface area (Å²) < 4.78 is 13.4. The van der Waals surface area contributed by atoms with Gasteiger partial charge >= 0.3 is 0 Å². The van der Waals surface area contributed by atoms with Gasteiger partial charge in [0.15, 0.2) is 12.3 Å². The number of nitrogens with zero attached hydrogens (tertiary/aromatic N) is 3. The molecule has 1 N–H and O–H groups in total. The van der Waals surface area contributed by atoms with Gasteiger partial charge in [-0.2, -0.15) is 10.1 Å². The molecule has 0 radical (unpaired) electrons. The summed E-state index contributed by atoms with van der Waals surface area (Å²) in [6, 6.07) is 29.4. The summed E-state index contributed by atoms with van der Waals surface area (Å²) in [4.78, 5) is 17.4. The summed E-state index contributed by atoms with van der Waals surface area (Å²) in [5.74, 6) is 0.867. The molecule has 5 rings (SSSR count). The monoisotopic (exact) mass is 492 g/mol. The van der Waals surface area contributed by atoms with Gasteiger partial charge in [-0.3, -0.25) is 4.79 Å². The Hall–Kier alpha value is -4.65. The third-order valence-corrected chi connectivity index (χ3v) is 5.97. The van der Waals surface area contributed by atoms with E-state index in [0.29, 0.717) is 24.7 Å². The Labute approximate surface area is 215 Å². The molecular weight excluding hydrogens is 464 g/mol. The average Bonchev–Trinajstić information content (AvgIpc) is 3.28. The third-order valence-electron chi connectivity index (χ3n) is 5.97. The summed E-state index contributed by atoms with van der Waals surface area (Å²) in [6.07, 6.45) is 0. The van der Waals surface area contributed by atoms with E-state index in [4.69, 9.17) is 19.6 Å². The van der Waals surface area contributed by atoms with Crippen molar-refractivity contribution in [2.75, 3.05) is 13.2 Å². The van der Waals surface area contributed by atoms with Crippen LogP contribution in [0.1, 0.15) is 18.2 Å². The van der Waals surface area contributed by atoms with Gasteiger partial charge in [0.05, 0.1) is 23.4 Å². The van der Waals surface area contributed by atoms with Crippen LogP contribution in [0.15, 0.2) is 91.0 Å². The van der Waals surface area contributed by atoms with Crippen molar-refractivity contribution < 1.29 is 14.3 Å². The van der Waals surface area contributed by atoms with Crippen LogP contribution in [-0.2, 0) is 11.3 Å². The summed E-state index contributed by atoms with van der Waals surface area (Å²) in [5, 5.41) is 8.62. The first kappa shape index (κ1) is 24.1.